The molecule has 132 valence electrons. The lowest BCUT2D eigenvalue weighted by Gasteiger charge is -2.19. The number of rotatable bonds is 4. The molecule has 0 aliphatic carbocycles. The minimum atomic E-state index is -0.0800. The number of amides is 2. The van der Waals surface area contributed by atoms with Crippen molar-refractivity contribution in [3.63, 3.8) is 0 Å². The third-order valence-electron chi connectivity index (χ3n) is 3.33. The third-order valence-corrected chi connectivity index (χ3v) is 4.14. The summed E-state index contributed by atoms with van der Waals surface area (Å²) in [5, 5.41) is 8.44. The first kappa shape index (κ1) is 22.1. The molecule has 1 aromatic rings. The van der Waals surface area contributed by atoms with Crippen LogP contribution >= 0.6 is 36.2 Å². The van der Waals surface area contributed by atoms with Gasteiger partial charge in [0.25, 0.3) is 0 Å². The largest absolute Gasteiger partial charge is 0.341 e. The van der Waals surface area contributed by atoms with Crippen LogP contribution in [0.15, 0.2) is 5.38 Å². The lowest BCUT2D eigenvalue weighted by Crippen LogP contribution is -2.35. The Morgan fingerprint density at radius 1 is 1.35 bits per heavy atom. The van der Waals surface area contributed by atoms with Crippen LogP contribution in [0.2, 0.25) is 0 Å². The van der Waals surface area contributed by atoms with Gasteiger partial charge in [-0.1, -0.05) is 13.8 Å². The van der Waals surface area contributed by atoms with E-state index in [4.69, 9.17) is 0 Å². The molecule has 23 heavy (non-hydrogen) atoms. The lowest BCUT2D eigenvalue weighted by atomic mass is 10.2. The zero-order valence-electron chi connectivity index (χ0n) is 13.3. The third kappa shape index (κ3) is 7.03. The Morgan fingerprint density at radius 3 is 2.78 bits per heavy atom. The number of hydrogen-bond donors (Lipinski definition) is 2. The second-order valence-electron chi connectivity index (χ2n) is 5.45. The van der Waals surface area contributed by atoms with Gasteiger partial charge in [-0.15, -0.1) is 36.2 Å². The molecule has 0 bridgehead atoms. The topological polar surface area (TPSA) is 74.3 Å². The predicted molar refractivity (Wildman–Crippen MR) is 97.8 cm³/mol. The monoisotopic (exact) mass is 382 g/mol. The van der Waals surface area contributed by atoms with Gasteiger partial charge >= 0.3 is 0 Å². The molecule has 1 aromatic heterocycles. The average molecular weight is 383 g/mol. The summed E-state index contributed by atoms with van der Waals surface area (Å²) in [4.78, 5) is 30.0. The molecule has 0 spiro atoms. The van der Waals surface area contributed by atoms with Gasteiger partial charge in [0.1, 0.15) is 0 Å². The zero-order chi connectivity index (χ0) is 15.2. The molecule has 0 radical (unpaired) electrons. The van der Waals surface area contributed by atoms with E-state index in [1.54, 1.807) is 0 Å². The summed E-state index contributed by atoms with van der Waals surface area (Å²) < 4.78 is 0. The molecule has 2 amide bonds. The van der Waals surface area contributed by atoms with Crippen molar-refractivity contribution in [2.45, 2.75) is 26.7 Å². The number of anilines is 1. The first-order chi connectivity index (χ1) is 10.1. The van der Waals surface area contributed by atoms with Crippen molar-refractivity contribution in [3.8, 4) is 0 Å². The van der Waals surface area contributed by atoms with Crippen LogP contribution < -0.4 is 10.6 Å². The van der Waals surface area contributed by atoms with Crippen LogP contribution in [-0.4, -0.2) is 47.9 Å². The summed E-state index contributed by atoms with van der Waals surface area (Å²) in [5.41, 5.74) is 0.723. The summed E-state index contributed by atoms with van der Waals surface area (Å²) in [6.07, 6.45) is 1.28. The van der Waals surface area contributed by atoms with E-state index in [9.17, 15) is 9.59 Å². The summed E-state index contributed by atoms with van der Waals surface area (Å²) in [7, 11) is 0. The molecule has 0 unspecified atom stereocenters. The van der Waals surface area contributed by atoms with Crippen LogP contribution in [0.3, 0.4) is 0 Å². The number of thiazole rings is 1. The molecule has 1 fully saturated rings. The molecule has 0 aromatic carbocycles. The molecule has 0 atom stereocenters. The molecular weight excluding hydrogens is 359 g/mol. The first-order valence-corrected chi connectivity index (χ1v) is 8.18. The smallest absolute Gasteiger partial charge is 0.228 e. The van der Waals surface area contributed by atoms with Crippen molar-refractivity contribution in [2.24, 2.45) is 5.92 Å². The number of carbonyl (C=O) groups is 2. The van der Waals surface area contributed by atoms with Gasteiger partial charge in [-0.25, -0.2) is 4.98 Å². The van der Waals surface area contributed by atoms with Crippen LogP contribution in [-0.2, 0) is 16.0 Å². The van der Waals surface area contributed by atoms with Gasteiger partial charge in [-0.05, 0) is 13.0 Å². The van der Waals surface area contributed by atoms with Crippen LogP contribution in [0.5, 0.6) is 0 Å². The van der Waals surface area contributed by atoms with Gasteiger partial charge in [-0.2, -0.15) is 0 Å². The second kappa shape index (κ2) is 10.8. The van der Waals surface area contributed by atoms with E-state index < -0.39 is 0 Å². The molecular formula is C14H24Cl2N4O2S. The summed E-state index contributed by atoms with van der Waals surface area (Å²) in [6.45, 7) is 7.03. The Balaban J connectivity index is 0.00000242. The first-order valence-electron chi connectivity index (χ1n) is 7.30. The van der Waals surface area contributed by atoms with E-state index >= 15 is 0 Å². The van der Waals surface area contributed by atoms with E-state index in [1.165, 1.54) is 11.3 Å². The highest BCUT2D eigenvalue weighted by molar-refractivity contribution is 7.13. The van der Waals surface area contributed by atoms with Crippen molar-refractivity contribution in [1.82, 2.24) is 15.2 Å². The Kier molecular flexibility index (Phi) is 10.4. The molecule has 9 heteroatoms. The molecule has 2 heterocycles. The molecule has 2 N–H and O–H groups in total. The highest BCUT2D eigenvalue weighted by atomic mass is 35.5. The van der Waals surface area contributed by atoms with Gasteiger partial charge in [0.2, 0.25) is 11.8 Å². The van der Waals surface area contributed by atoms with Gasteiger partial charge in [0, 0.05) is 30.9 Å². The lowest BCUT2D eigenvalue weighted by molar-refractivity contribution is -0.130. The molecule has 6 nitrogen and oxygen atoms in total. The van der Waals surface area contributed by atoms with Crippen molar-refractivity contribution in [1.29, 1.82) is 0 Å². The van der Waals surface area contributed by atoms with E-state index in [0.717, 1.165) is 38.3 Å². The fourth-order valence-corrected chi connectivity index (χ4v) is 2.77. The predicted octanol–water partition coefficient (Wildman–Crippen LogP) is 1.95. The molecule has 1 saturated heterocycles. The summed E-state index contributed by atoms with van der Waals surface area (Å²) in [5.74, 6) is -0.0323. The number of hydrogen-bond acceptors (Lipinski definition) is 5. The summed E-state index contributed by atoms with van der Waals surface area (Å²) in [6, 6.07) is 0. The van der Waals surface area contributed by atoms with Crippen molar-refractivity contribution >= 4 is 53.1 Å². The Morgan fingerprint density at radius 2 is 2.09 bits per heavy atom. The van der Waals surface area contributed by atoms with Crippen molar-refractivity contribution in [2.75, 3.05) is 31.5 Å². The minimum absolute atomic E-state index is 0. The maximum atomic E-state index is 12.2. The van der Waals surface area contributed by atoms with Gasteiger partial charge in [0.05, 0.1) is 12.1 Å². The van der Waals surface area contributed by atoms with Crippen LogP contribution in [0.4, 0.5) is 5.13 Å². The standard InChI is InChI=1S/C14H22N4O2S.2ClH/c1-10(2)13(20)17-14-16-11(9-21-14)8-12(19)18-6-3-4-15-5-7-18;;/h9-10,15H,3-8H2,1-2H3,(H,16,17,20);2*1H. The van der Waals surface area contributed by atoms with Gasteiger partial charge < -0.3 is 15.5 Å². The van der Waals surface area contributed by atoms with E-state index in [0.29, 0.717) is 11.6 Å². The van der Waals surface area contributed by atoms with Crippen LogP contribution in [0, 0.1) is 5.92 Å². The van der Waals surface area contributed by atoms with Crippen LogP contribution in [0.25, 0.3) is 0 Å². The number of carbonyl (C=O) groups excluding carboxylic acids is 2. The highest BCUT2D eigenvalue weighted by Crippen LogP contribution is 2.17. The fraction of sp³-hybridized carbons (Fsp3) is 0.643. The SMILES string of the molecule is CC(C)C(=O)Nc1nc(CC(=O)N2CCCNCC2)cs1.Cl.Cl. The van der Waals surface area contributed by atoms with Crippen molar-refractivity contribution in [3.05, 3.63) is 11.1 Å². The number of halogens is 2. The van der Waals surface area contributed by atoms with Gasteiger partial charge in [0.15, 0.2) is 5.13 Å². The Hall–Kier alpha value is -0.890. The highest BCUT2D eigenvalue weighted by Gasteiger charge is 2.17. The van der Waals surface area contributed by atoms with E-state index in [2.05, 4.69) is 15.6 Å². The second-order valence-corrected chi connectivity index (χ2v) is 6.31. The average Bonchev–Trinajstić information content (AvgIpc) is 2.72. The summed E-state index contributed by atoms with van der Waals surface area (Å²) >= 11 is 1.36. The number of aromatic nitrogens is 1. The van der Waals surface area contributed by atoms with E-state index in [1.807, 2.05) is 24.1 Å². The van der Waals surface area contributed by atoms with Gasteiger partial charge in [-0.3, -0.25) is 9.59 Å². The maximum Gasteiger partial charge on any atom is 0.228 e. The van der Waals surface area contributed by atoms with E-state index in [-0.39, 0.29) is 42.5 Å². The Bertz CT molecular complexity index is 503. The number of nitrogens with one attached hydrogen (secondary N) is 2. The normalized spacial score (nSPS) is 14.5. The quantitative estimate of drug-likeness (QED) is 0.834. The molecule has 1 aliphatic heterocycles. The van der Waals surface area contributed by atoms with Crippen LogP contribution in [0.1, 0.15) is 26.0 Å². The molecule has 0 saturated carbocycles. The fourth-order valence-electron chi connectivity index (χ4n) is 2.06. The molecule has 1 aliphatic rings. The molecule has 2 rings (SSSR count). The Labute approximate surface area is 153 Å². The maximum absolute atomic E-state index is 12.2. The zero-order valence-corrected chi connectivity index (χ0v) is 15.8. The number of nitrogens with zero attached hydrogens (tertiary/aromatic N) is 2. The minimum Gasteiger partial charge on any atom is -0.341 e. The van der Waals surface area contributed by atoms with Crippen molar-refractivity contribution < 1.29 is 9.59 Å².